The molecule has 0 bridgehead atoms. The largest absolute Gasteiger partial charge is 0.378 e. The molecule has 0 fully saturated rings. The van der Waals surface area contributed by atoms with Gasteiger partial charge in [0.05, 0.1) is 12.3 Å². The number of methoxy groups -OCH3 is 1. The molecule has 0 unspecified atom stereocenters. The van der Waals surface area contributed by atoms with Gasteiger partial charge in [-0.25, -0.2) is 0 Å². The molecule has 3 heteroatoms. The Labute approximate surface area is 67.0 Å². The zero-order valence-corrected chi connectivity index (χ0v) is 7.08. The van der Waals surface area contributed by atoms with Crippen LogP contribution in [0.25, 0.3) is 0 Å². The summed E-state index contributed by atoms with van der Waals surface area (Å²) in [6, 6.07) is 1.99. The van der Waals surface area contributed by atoms with Crippen LogP contribution in [0.4, 0.5) is 0 Å². The molecule has 11 heavy (non-hydrogen) atoms. The van der Waals surface area contributed by atoms with E-state index in [0.717, 1.165) is 18.7 Å². The third-order valence-electron chi connectivity index (χ3n) is 1.44. The van der Waals surface area contributed by atoms with Crippen molar-refractivity contribution in [1.82, 2.24) is 9.78 Å². The zero-order chi connectivity index (χ0) is 8.10. The monoisotopic (exact) mass is 154 g/mol. The maximum atomic E-state index is 4.94. The van der Waals surface area contributed by atoms with E-state index in [4.69, 9.17) is 4.74 Å². The fourth-order valence-corrected chi connectivity index (χ4v) is 0.982. The summed E-state index contributed by atoms with van der Waals surface area (Å²) in [4.78, 5) is 0. The molecule has 0 spiro atoms. The van der Waals surface area contributed by atoms with E-state index in [9.17, 15) is 0 Å². The lowest BCUT2D eigenvalue weighted by molar-refractivity contribution is 0.180. The predicted molar refractivity (Wildman–Crippen MR) is 43.2 cm³/mol. The minimum absolute atomic E-state index is 0.608. The first-order valence-electron chi connectivity index (χ1n) is 3.88. The molecule has 0 aliphatic rings. The molecule has 1 heterocycles. The molecule has 3 nitrogen and oxygen atoms in total. The van der Waals surface area contributed by atoms with Crippen molar-refractivity contribution >= 4 is 0 Å². The Balaban J connectivity index is 2.51. The fraction of sp³-hybridized carbons (Fsp3) is 0.625. The molecule has 1 aromatic rings. The molecule has 0 aliphatic carbocycles. The summed E-state index contributed by atoms with van der Waals surface area (Å²) in [7, 11) is 1.68. The van der Waals surface area contributed by atoms with E-state index in [2.05, 4.69) is 12.0 Å². The van der Waals surface area contributed by atoms with E-state index < -0.39 is 0 Å². The molecule has 0 aliphatic heterocycles. The Bertz CT molecular complexity index is 187. The van der Waals surface area contributed by atoms with Crippen molar-refractivity contribution in [2.45, 2.75) is 26.5 Å². The lowest BCUT2D eigenvalue weighted by Gasteiger charge is -1.95. The second kappa shape index (κ2) is 4.13. The molecule has 0 aromatic carbocycles. The van der Waals surface area contributed by atoms with Crippen LogP contribution in [-0.2, 0) is 17.9 Å². The van der Waals surface area contributed by atoms with Crippen molar-refractivity contribution in [1.29, 1.82) is 0 Å². The second-order valence-electron chi connectivity index (χ2n) is 2.50. The van der Waals surface area contributed by atoms with Crippen LogP contribution >= 0.6 is 0 Å². The van der Waals surface area contributed by atoms with Gasteiger partial charge in [0.1, 0.15) is 0 Å². The normalized spacial score (nSPS) is 10.4. The van der Waals surface area contributed by atoms with Crippen LogP contribution in [-0.4, -0.2) is 16.9 Å². The highest BCUT2D eigenvalue weighted by molar-refractivity contribution is 4.96. The van der Waals surface area contributed by atoms with Gasteiger partial charge >= 0.3 is 0 Å². The second-order valence-corrected chi connectivity index (χ2v) is 2.50. The minimum Gasteiger partial charge on any atom is -0.378 e. The third-order valence-corrected chi connectivity index (χ3v) is 1.44. The number of aromatic nitrogens is 2. The van der Waals surface area contributed by atoms with E-state index in [1.807, 2.05) is 16.9 Å². The zero-order valence-electron chi connectivity index (χ0n) is 7.08. The fourth-order valence-electron chi connectivity index (χ4n) is 0.982. The highest BCUT2D eigenvalue weighted by Gasteiger charge is 1.95. The first-order valence-corrected chi connectivity index (χ1v) is 3.88. The Kier molecular flexibility index (Phi) is 3.11. The van der Waals surface area contributed by atoms with Crippen LogP contribution in [0.5, 0.6) is 0 Å². The average molecular weight is 154 g/mol. The predicted octanol–water partition coefficient (Wildman–Crippen LogP) is 1.44. The summed E-state index contributed by atoms with van der Waals surface area (Å²) in [5, 5.41) is 4.28. The van der Waals surface area contributed by atoms with Crippen molar-refractivity contribution in [2.75, 3.05) is 7.11 Å². The van der Waals surface area contributed by atoms with Gasteiger partial charge in [-0.15, -0.1) is 0 Å². The SMILES string of the molecule is CCCn1ccc(COC)n1. The van der Waals surface area contributed by atoms with Gasteiger partial charge in [-0.3, -0.25) is 4.68 Å². The van der Waals surface area contributed by atoms with Crippen LogP contribution in [0.15, 0.2) is 12.3 Å². The van der Waals surface area contributed by atoms with Gasteiger partial charge in [-0.05, 0) is 12.5 Å². The molecule has 0 amide bonds. The Morgan fingerprint density at radius 1 is 1.64 bits per heavy atom. The highest BCUT2D eigenvalue weighted by atomic mass is 16.5. The smallest absolute Gasteiger partial charge is 0.0902 e. The summed E-state index contributed by atoms with van der Waals surface area (Å²) < 4.78 is 6.88. The van der Waals surface area contributed by atoms with Crippen LogP contribution < -0.4 is 0 Å². The number of ether oxygens (including phenoxy) is 1. The van der Waals surface area contributed by atoms with Gasteiger partial charge in [0.2, 0.25) is 0 Å². The van der Waals surface area contributed by atoms with E-state index >= 15 is 0 Å². The first-order chi connectivity index (χ1) is 5.36. The topological polar surface area (TPSA) is 27.1 Å². The number of hydrogen-bond donors (Lipinski definition) is 0. The number of nitrogens with zero attached hydrogens (tertiary/aromatic N) is 2. The van der Waals surface area contributed by atoms with Crippen molar-refractivity contribution in [2.24, 2.45) is 0 Å². The van der Waals surface area contributed by atoms with Gasteiger partial charge in [-0.1, -0.05) is 6.92 Å². The molecule has 62 valence electrons. The van der Waals surface area contributed by atoms with Crippen LogP contribution in [0.3, 0.4) is 0 Å². The summed E-state index contributed by atoms with van der Waals surface area (Å²) >= 11 is 0. The van der Waals surface area contributed by atoms with Gasteiger partial charge in [0.25, 0.3) is 0 Å². The molecule has 0 saturated heterocycles. The molecular formula is C8H14N2O. The van der Waals surface area contributed by atoms with Crippen molar-refractivity contribution in [3.63, 3.8) is 0 Å². The minimum atomic E-state index is 0.608. The van der Waals surface area contributed by atoms with E-state index in [1.54, 1.807) is 7.11 Å². The van der Waals surface area contributed by atoms with Crippen LogP contribution in [0.1, 0.15) is 19.0 Å². The molecule has 0 N–H and O–H groups in total. The summed E-state index contributed by atoms with van der Waals surface area (Å²) in [6.45, 7) is 3.73. The maximum absolute atomic E-state index is 4.94. The summed E-state index contributed by atoms with van der Waals surface area (Å²) in [5.74, 6) is 0. The third kappa shape index (κ3) is 2.35. The van der Waals surface area contributed by atoms with Gasteiger partial charge in [-0.2, -0.15) is 5.10 Å². The molecule has 1 rings (SSSR count). The lowest BCUT2D eigenvalue weighted by Crippen LogP contribution is -1.98. The van der Waals surface area contributed by atoms with Crippen molar-refractivity contribution < 1.29 is 4.74 Å². The van der Waals surface area contributed by atoms with Crippen molar-refractivity contribution in [3.05, 3.63) is 18.0 Å². The van der Waals surface area contributed by atoms with E-state index in [-0.39, 0.29) is 0 Å². The Morgan fingerprint density at radius 2 is 2.45 bits per heavy atom. The van der Waals surface area contributed by atoms with Crippen LogP contribution in [0, 0.1) is 0 Å². The lowest BCUT2D eigenvalue weighted by atomic mass is 10.5. The molecule has 0 saturated carbocycles. The van der Waals surface area contributed by atoms with E-state index in [1.165, 1.54) is 0 Å². The average Bonchev–Trinajstić information content (AvgIpc) is 2.38. The standard InChI is InChI=1S/C8H14N2O/c1-3-5-10-6-4-8(9-10)7-11-2/h4,6H,3,5,7H2,1-2H3. The van der Waals surface area contributed by atoms with Crippen LogP contribution in [0.2, 0.25) is 0 Å². The quantitative estimate of drug-likeness (QED) is 0.656. The number of rotatable bonds is 4. The Morgan fingerprint density at radius 3 is 3.09 bits per heavy atom. The number of hydrogen-bond acceptors (Lipinski definition) is 2. The summed E-state index contributed by atoms with van der Waals surface area (Å²) in [6.07, 6.45) is 3.10. The first kappa shape index (κ1) is 8.27. The number of aryl methyl sites for hydroxylation is 1. The molecular weight excluding hydrogens is 140 g/mol. The van der Waals surface area contributed by atoms with Gasteiger partial charge < -0.3 is 4.74 Å². The summed E-state index contributed by atoms with van der Waals surface area (Å²) in [5.41, 5.74) is 1.00. The molecule has 0 atom stereocenters. The van der Waals surface area contributed by atoms with Gasteiger partial charge in [0, 0.05) is 19.9 Å². The maximum Gasteiger partial charge on any atom is 0.0902 e. The highest BCUT2D eigenvalue weighted by Crippen LogP contribution is 1.97. The van der Waals surface area contributed by atoms with Gasteiger partial charge in [0.15, 0.2) is 0 Å². The molecule has 1 aromatic heterocycles. The van der Waals surface area contributed by atoms with Crippen molar-refractivity contribution in [3.8, 4) is 0 Å². The van der Waals surface area contributed by atoms with E-state index in [0.29, 0.717) is 6.61 Å². The Hall–Kier alpha value is -0.830. The molecule has 0 radical (unpaired) electrons.